The van der Waals surface area contributed by atoms with E-state index in [1.807, 2.05) is 75.4 Å². The third-order valence-corrected chi connectivity index (χ3v) is 23.7. The van der Waals surface area contributed by atoms with E-state index in [9.17, 15) is 65.4 Å². The van der Waals surface area contributed by atoms with Crippen molar-refractivity contribution in [1.29, 1.82) is 0 Å². The molecule has 8 aliphatic rings. The summed E-state index contributed by atoms with van der Waals surface area (Å²) in [5.41, 5.74) is 7.46. The van der Waals surface area contributed by atoms with Crippen molar-refractivity contribution in [2.24, 2.45) is 11.7 Å². The topological polar surface area (TPSA) is 543 Å². The van der Waals surface area contributed by atoms with Crippen LogP contribution in [0.25, 0.3) is 22.3 Å². The predicted octanol–water partition coefficient (Wildman–Crippen LogP) is 6.75. The molecule has 0 saturated carbocycles. The number of carbonyl (C=O) groups excluding carboxylic acids is 8. The summed E-state index contributed by atoms with van der Waals surface area (Å²) < 4.78 is 45.4. The monoisotopic (exact) mass is 1790 g/mol. The molecule has 7 heterocycles. The number of fused-ring (bicyclic) bond motifs is 18. The number of amides is 8. The third kappa shape index (κ3) is 20.5. The van der Waals surface area contributed by atoms with E-state index < -0.39 is 260 Å². The molecule has 1 aliphatic carbocycles. The second kappa shape index (κ2) is 39.1. The molecule has 127 heavy (non-hydrogen) atoms. The number of aliphatic hydroxyl groups is 6. The summed E-state index contributed by atoms with van der Waals surface area (Å²) in [6.45, 7) is 11.8. The van der Waals surface area contributed by atoms with Crippen LogP contribution >= 0.6 is 23.2 Å². The fourth-order valence-electron chi connectivity index (χ4n) is 16.4. The van der Waals surface area contributed by atoms with Gasteiger partial charge in [-0.15, -0.1) is 0 Å². The van der Waals surface area contributed by atoms with Gasteiger partial charge in [0.15, 0.2) is 29.9 Å². The minimum atomic E-state index is -2.42. The van der Waals surface area contributed by atoms with Gasteiger partial charge in [-0.25, -0.2) is 9.59 Å². The number of carboxylic acids is 1. The molecule has 0 aromatic heterocycles. The van der Waals surface area contributed by atoms with Gasteiger partial charge >= 0.3 is 12.1 Å². The highest BCUT2D eigenvalue weighted by molar-refractivity contribution is 6.32. The number of hydrogen-bond acceptors (Lipinski definition) is 26. The van der Waals surface area contributed by atoms with E-state index in [0.717, 1.165) is 113 Å². The van der Waals surface area contributed by atoms with Gasteiger partial charge in [-0.3, -0.25) is 33.6 Å². The zero-order valence-corrected chi connectivity index (χ0v) is 71.3. The average molecular weight is 1790 g/mol. The van der Waals surface area contributed by atoms with E-state index >= 15 is 28.8 Å². The van der Waals surface area contributed by atoms with Gasteiger partial charge in [-0.2, -0.15) is 0 Å². The number of aliphatic hydroxyl groups excluding tert-OH is 6. The number of aliphatic carboxylic acids is 1. The number of nitrogens with one attached hydrogen (secondary N) is 8. The molecule has 2 fully saturated rings. The number of phenolic OH excluding ortho intramolecular Hbond substituents is 3. The van der Waals surface area contributed by atoms with Crippen LogP contribution in [-0.4, -0.2) is 203 Å². The fraction of sp³-hybridized carbons (Fsp3) is 0.389. The number of carboxylic acid groups (broad SMARTS) is 1. The largest absolute Gasteiger partial charge is 0.508 e. The summed E-state index contributed by atoms with van der Waals surface area (Å²) in [6.07, 6.45) is -14.6. The van der Waals surface area contributed by atoms with Crippen LogP contribution in [0, 0.1) is 5.92 Å². The Bertz CT molecular complexity index is 5430. The second-order valence-corrected chi connectivity index (χ2v) is 33.9. The first-order valence-corrected chi connectivity index (χ1v) is 41.8. The summed E-state index contributed by atoms with van der Waals surface area (Å²) in [6, 6.07) is 13.3. The zero-order chi connectivity index (χ0) is 91.5. The summed E-state index contributed by atoms with van der Waals surface area (Å²) in [4.78, 5) is 134. The molecule has 35 nitrogen and oxygen atoms in total. The number of ether oxygens (including phenoxy) is 7. The van der Waals surface area contributed by atoms with E-state index in [1.165, 1.54) is 12.1 Å². The first-order valence-electron chi connectivity index (χ1n) is 41.0. The van der Waals surface area contributed by atoms with Crippen LogP contribution in [0.3, 0.4) is 0 Å². The second-order valence-electron chi connectivity index (χ2n) is 33.1. The number of benzene rings is 7. The first kappa shape index (κ1) is 92.7. The van der Waals surface area contributed by atoms with Crippen LogP contribution in [0.2, 0.25) is 10.0 Å². The summed E-state index contributed by atoms with van der Waals surface area (Å²) in [5.74, 6) is -17.4. The van der Waals surface area contributed by atoms with Crippen molar-refractivity contribution < 1.29 is 127 Å². The Hall–Kier alpha value is -12.0. The number of allylic oxidation sites excluding steroid dienone is 3. The molecule has 7 aromatic rings. The smallest absolute Gasteiger partial charge is 0.407 e. The maximum Gasteiger partial charge on any atom is 0.407 e. The van der Waals surface area contributed by atoms with Crippen molar-refractivity contribution in [2.75, 3.05) is 19.8 Å². The number of phenols is 3. The van der Waals surface area contributed by atoms with Gasteiger partial charge in [-0.05, 0) is 159 Å². The van der Waals surface area contributed by atoms with Gasteiger partial charge in [0.2, 0.25) is 53.4 Å². The summed E-state index contributed by atoms with van der Waals surface area (Å²) >= 11 is 14.4. The number of rotatable bonds is 21. The molecule has 8 amide bonds. The van der Waals surface area contributed by atoms with E-state index in [4.69, 9.17) is 62.1 Å². The van der Waals surface area contributed by atoms with Crippen LogP contribution in [0.1, 0.15) is 156 Å². The highest BCUT2D eigenvalue weighted by atomic mass is 35.5. The number of alkyl carbamates (subject to hydrolysis) is 1. The van der Waals surface area contributed by atoms with Crippen LogP contribution in [0.5, 0.6) is 46.0 Å². The SMILES string of the molecule is CC(C)=CCC/C(C)=C/CN[C@@]1(C)C[C@H](O[C@H]2[C@H](Oc3c4cc5cc3Oc3ccc(cc3Cl)[C@@H](O)[C@@H](NC(=O)[C@@H](CC(C)C)NC(=O)OCC3c6ccccc6-c6ccccc63)C(=O)N[C@@H](CC(N)=O)C(=O)N[C@H]5C(=O)N[C@H]3C(=O)N[C@H](C(=O)N[C@H](C(=O)O)c5cc(O)cc(O)c5-c5cc3ccc5O)[C@H](O)c3ccc(c(Cl)c3)O4)O[C@H](CO)[C@@H](O)[C@@H]2O)O[C@@H](C)[C@H]1O. The van der Waals surface area contributed by atoms with E-state index in [0.29, 0.717) is 0 Å². The van der Waals surface area contributed by atoms with Crippen molar-refractivity contribution in [3.05, 3.63) is 200 Å². The molecule has 0 radical (unpaired) electrons. The lowest BCUT2D eigenvalue weighted by Crippen LogP contribution is -2.65. The summed E-state index contributed by atoms with van der Waals surface area (Å²) in [5, 5.41) is 137. The normalized spacial score (nSPS) is 26.2. The summed E-state index contributed by atoms with van der Waals surface area (Å²) in [7, 11) is 0. The lowest BCUT2D eigenvalue weighted by Gasteiger charge is -2.48. The number of halogens is 2. The number of carbonyl (C=O) groups is 9. The Labute approximate surface area is 737 Å². The minimum absolute atomic E-state index is 0.117. The number of primary amides is 1. The average Bonchev–Trinajstić information content (AvgIpc) is 1.76. The molecule has 20 N–H and O–H groups in total. The van der Waals surface area contributed by atoms with Crippen LogP contribution < -0.4 is 62.5 Å². The highest BCUT2D eigenvalue weighted by Gasteiger charge is 2.53. The molecule has 37 heteroatoms. The minimum Gasteiger partial charge on any atom is -0.508 e. The first-order chi connectivity index (χ1) is 60.4. The molecule has 11 bridgehead atoms. The van der Waals surface area contributed by atoms with Crippen molar-refractivity contribution in [3.63, 3.8) is 0 Å². The molecule has 2 saturated heterocycles. The number of nitrogens with two attached hydrogens (primary N) is 1. The molecule has 18 atom stereocenters. The standard InChI is InChI=1S/C90H99Cl2N9O26/c1-39(2)13-12-14-41(5)25-26-94-90(7)36-67(122-42(6)80(90)111)126-79-77(110)76(109)65(37-102)125-88(79)127-78-63-31-46-32-64(78)124-62-24-21-45(30-56(62)92)75(108)73-86(117)99-71(87(118)119)53-33-47(103)34-60(105)68(53)52-28-43(19-22-59(52)104)69(83(114)101-73)98-84(115)70(46)97-82(113)58(35-66(93)106)95-85(116)72(74(107)44-20-23-61(123-63)55(91)29-44)100-81(112)57(27-40(3)4)96-89(120)121-38-54-50-17-10-8-15-48(50)49-16-9-11-18-51(49)54/h8-11,13,15-25,28-34,40,42,54,57-58,65,67,69-77,79-80,88,94,102-105,107-111H,12,14,26-27,35-38H2,1-7H3,(H2,93,106)(H,95,116)(H,96,120)(H,97,113)(H,98,115)(H,99,117)(H,100,112)(H,101,114)(H,118,119)/b41-25+/t42-,57+,58-,65+,67-,69+,70+,71-,72+,73-,74+,75+,76+,77-,79+,80+,88-,90-/m0/s1. The van der Waals surface area contributed by atoms with Gasteiger partial charge in [0, 0.05) is 47.2 Å². The van der Waals surface area contributed by atoms with Gasteiger partial charge < -0.3 is 132 Å². The number of aromatic hydroxyl groups is 3. The maximum absolute atomic E-state index is 16.4. The highest BCUT2D eigenvalue weighted by Crippen LogP contribution is 2.51. The Morgan fingerprint density at radius 3 is 1.89 bits per heavy atom. The predicted molar refractivity (Wildman–Crippen MR) is 455 cm³/mol. The quantitative estimate of drug-likeness (QED) is 0.0331. The van der Waals surface area contributed by atoms with E-state index in [1.54, 1.807) is 27.7 Å². The zero-order valence-electron chi connectivity index (χ0n) is 69.7. The van der Waals surface area contributed by atoms with Crippen LogP contribution in [-0.2, 0) is 57.3 Å². The van der Waals surface area contributed by atoms with Gasteiger partial charge in [0.25, 0.3) is 0 Å². The molecule has 7 aromatic carbocycles. The van der Waals surface area contributed by atoms with Crippen molar-refractivity contribution in [3.8, 4) is 68.2 Å². The lowest BCUT2D eigenvalue weighted by molar-refractivity contribution is -0.334. The lowest BCUT2D eigenvalue weighted by atomic mass is 9.85. The van der Waals surface area contributed by atoms with Crippen molar-refractivity contribution in [2.45, 2.75) is 196 Å². The van der Waals surface area contributed by atoms with Crippen LogP contribution in [0.4, 0.5) is 4.79 Å². The Balaban J connectivity index is 0.958. The van der Waals surface area contributed by atoms with Crippen molar-refractivity contribution in [1.82, 2.24) is 42.5 Å². The van der Waals surface area contributed by atoms with E-state index in [2.05, 4.69) is 48.6 Å². The van der Waals surface area contributed by atoms with Gasteiger partial charge in [-0.1, -0.05) is 127 Å². The van der Waals surface area contributed by atoms with Crippen LogP contribution in [0.15, 0.2) is 151 Å². The molecule has 0 spiro atoms. The third-order valence-electron chi connectivity index (χ3n) is 23.1. The molecule has 7 aliphatic heterocycles. The van der Waals surface area contributed by atoms with Gasteiger partial charge in [0.1, 0.15) is 102 Å². The Kier molecular flexibility index (Phi) is 28.5. The fourth-order valence-corrected chi connectivity index (χ4v) is 16.9. The molecule has 0 unspecified atom stereocenters. The van der Waals surface area contributed by atoms with Gasteiger partial charge in [0.05, 0.1) is 35.3 Å². The molecule has 674 valence electrons. The molecular weight excluding hydrogens is 1690 g/mol. The molecule has 15 rings (SSSR count). The Morgan fingerprint density at radius 2 is 1.28 bits per heavy atom. The Morgan fingerprint density at radius 1 is 0.661 bits per heavy atom. The van der Waals surface area contributed by atoms with E-state index in [-0.39, 0.29) is 48.6 Å². The maximum atomic E-state index is 16.4. The number of hydrogen-bond donors (Lipinski definition) is 19. The molecular formula is C90H99Cl2N9O26. The van der Waals surface area contributed by atoms with Crippen molar-refractivity contribution >= 4 is 76.6 Å².